The molecule has 3 nitrogen and oxygen atoms in total. The van der Waals surface area contributed by atoms with Crippen LogP contribution in [-0.2, 0) is 17.8 Å². The zero-order valence-electron chi connectivity index (χ0n) is 11.9. The van der Waals surface area contributed by atoms with E-state index in [0.29, 0.717) is 5.56 Å². The van der Waals surface area contributed by atoms with Crippen molar-refractivity contribution >= 4 is 21.9 Å². The van der Waals surface area contributed by atoms with Crippen molar-refractivity contribution in [2.24, 2.45) is 0 Å². The van der Waals surface area contributed by atoms with Crippen LogP contribution in [0.4, 0.5) is 0 Å². The standard InChI is InChI=1S/C17H18BrNO2/c1-19-11-10-14-4-2-3-5-16(14)17(20)21-12-13-6-8-15(18)9-7-13/h2-9,19H,10-12H2,1H3. The van der Waals surface area contributed by atoms with Gasteiger partial charge in [-0.25, -0.2) is 4.79 Å². The number of halogens is 1. The van der Waals surface area contributed by atoms with Crippen LogP contribution in [0.25, 0.3) is 0 Å². The number of nitrogens with one attached hydrogen (secondary N) is 1. The van der Waals surface area contributed by atoms with E-state index in [9.17, 15) is 4.79 Å². The van der Waals surface area contributed by atoms with E-state index in [1.807, 2.05) is 55.6 Å². The van der Waals surface area contributed by atoms with Crippen LogP contribution in [0.2, 0.25) is 0 Å². The van der Waals surface area contributed by atoms with Crippen LogP contribution in [0, 0.1) is 0 Å². The topological polar surface area (TPSA) is 38.3 Å². The molecule has 0 fully saturated rings. The summed E-state index contributed by atoms with van der Waals surface area (Å²) in [4.78, 5) is 12.2. The van der Waals surface area contributed by atoms with Crippen LogP contribution in [0.1, 0.15) is 21.5 Å². The van der Waals surface area contributed by atoms with Gasteiger partial charge in [-0.2, -0.15) is 0 Å². The average Bonchev–Trinajstić information content (AvgIpc) is 2.52. The second-order valence-electron chi connectivity index (χ2n) is 4.71. The molecule has 0 unspecified atom stereocenters. The number of esters is 1. The van der Waals surface area contributed by atoms with Crippen molar-refractivity contribution in [3.05, 3.63) is 69.7 Å². The van der Waals surface area contributed by atoms with Gasteiger partial charge in [0.05, 0.1) is 5.56 Å². The lowest BCUT2D eigenvalue weighted by Crippen LogP contribution is -2.14. The highest BCUT2D eigenvalue weighted by molar-refractivity contribution is 9.10. The molecule has 1 N–H and O–H groups in total. The highest BCUT2D eigenvalue weighted by atomic mass is 79.9. The van der Waals surface area contributed by atoms with Crippen molar-refractivity contribution in [1.29, 1.82) is 0 Å². The van der Waals surface area contributed by atoms with Crippen molar-refractivity contribution in [3.63, 3.8) is 0 Å². The number of carbonyl (C=O) groups is 1. The highest BCUT2D eigenvalue weighted by Gasteiger charge is 2.12. The van der Waals surface area contributed by atoms with Crippen LogP contribution < -0.4 is 5.32 Å². The summed E-state index contributed by atoms with van der Waals surface area (Å²) in [5, 5.41) is 3.09. The first kappa shape index (κ1) is 15.7. The quantitative estimate of drug-likeness (QED) is 0.811. The molecule has 0 aliphatic heterocycles. The lowest BCUT2D eigenvalue weighted by atomic mass is 10.0. The minimum absolute atomic E-state index is 0.273. The van der Waals surface area contributed by atoms with Gasteiger partial charge < -0.3 is 10.1 Å². The Morgan fingerprint density at radius 1 is 1.14 bits per heavy atom. The van der Waals surface area contributed by atoms with Crippen LogP contribution >= 0.6 is 15.9 Å². The first-order chi connectivity index (χ1) is 10.2. The van der Waals surface area contributed by atoms with Gasteiger partial charge in [0.25, 0.3) is 0 Å². The fourth-order valence-corrected chi connectivity index (χ4v) is 2.27. The molecular weight excluding hydrogens is 330 g/mol. The predicted octanol–water partition coefficient (Wildman–Crippen LogP) is 3.57. The molecule has 2 aromatic rings. The molecule has 0 aliphatic carbocycles. The summed E-state index contributed by atoms with van der Waals surface area (Å²) in [5.74, 6) is -0.273. The highest BCUT2D eigenvalue weighted by Crippen LogP contribution is 2.14. The van der Waals surface area contributed by atoms with Crippen molar-refractivity contribution in [2.45, 2.75) is 13.0 Å². The van der Waals surface area contributed by atoms with E-state index in [2.05, 4.69) is 21.2 Å². The minimum Gasteiger partial charge on any atom is -0.457 e. The molecule has 0 aliphatic rings. The molecule has 0 amide bonds. The van der Waals surface area contributed by atoms with Gasteiger partial charge in [0.1, 0.15) is 6.61 Å². The Bertz CT molecular complexity index is 596. The number of carbonyl (C=O) groups excluding carboxylic acids is 1. The van der Waals surface area contributed by atoms with E-state index < -0.39 is 0 Å². The summed E-state index contributed by atoms with van der Waals surface area (Å²) in [6, 6.07) is 15.3. The van der Waals surface area contributed by atoms with Crippen molar-refractivity contribution in [3.8, 4) is 0 Å². The molecule has 2 aromatic carbocycles. The van der Waals surface area contributed by atoms with Gasteiger partial charge >= 0.3 is 5.97 Å². The Hall–Kier alpha value is -1.65. The Morgan fingerprint density at radius 3 is 2.57 bits per heavy atom. The van der Waals surface area contributed by atoms with E-state index in [1.165, 1.54) is 0 Å². The SMILES string of the molecule is CNCCc1ccccc1C(=O)OCc1ccc(Br)cc1. The number of likely N-dealkylation sites (N-methyl/N-ethyl adjacent to an activating group) is 1. The lowest BCUT2D eigenvalue weighted by molar-refractivity contribution is 0.0471. The largest absolute Gasteiger partial charge is 0.457 e. The zero-order chi connectivity index (χ0) is 15.1. The number of benzene rings is 2. The number of ether oxygens (including phenoxy) is 1. The Balaban J connectivity index is 2.01. The Labute approximate surface area is 133 Å². The van der Waals surface area contributed by atoms with Gasteiger partial charge in [0, 0.05) is 4.47 Å². The third-order valence-corrected chi connectivity index (χ3v) is 3.69. The molecule has 0 heterocycles. The summed E-state index contributed by atoms with van der Waals surface area (Å²) < 4.78 is 6.41. The van der Waals surface area contributed by atoms with Gasteiger partial charge in [0.15, 0.2) is 0 Å². The lowest BCUT2D eigenvalue weighted by Gasteiger charge is -2.09. The number of hydrogen-bond donors (Lipinski definition) is 1. The number of hydrogen-bond acceptors (Lipinski definition) is 3. The maximum Gasteiger partial charge on any atom is 0.338 e. The van der Waals surface area contributed by atoms with E-state index in [-0.39, 0.29) is 12.6 Å². The summed E-state index contributed by atoms with van der Waals surface area (Å²) in [6.45, 7) is 1.11. The Morgan fingerprint density at radius 2 is 1.86 bits per heavy atom. The van der Waals surface area contributed by atoms with Gasteiger partial charge in [-0.3, -0.25) is 0 Å². The van der Waals surface area contributed by atoms with E-state index in [4.69, 9.17) is 4.74 Å². The molecule has 4 heteroatoms. The molecule has 0 radical (unpaired) electrons. The molecular formula is C17H18BrNO2. The van der Waals surface area contributed by atoms with Crippen LogP contribution in [0.5, 0.6) is 0 Å². The Kier molecular flexibility index (Phi) is 5.96. The first-order valence-electron chi connectivity index (χ1n) is 6.85. The molecule has 0 saturated heterocycles. The summed E-state index contributed by atoms with van der Waals surface area (Å²) in [6.07, 6.45) is 0.806. The maximum atomic E-state index is 12.2. The first-order valence-corrected chi connectivity index (χ1v) is 7.64. The van der Waals surface area contributed by atoms with Crippen molar-refractivity contribution in [1.82, 2.24) is 5.32 Å². The van der Waals surface area contributed by atoms with Crippen LogP contribution in [0.15, 0.2) is 53.0 Å². The fraction of sp³-hybridized carbons (Fsp3) is 0.235. The third-order valence-electron chi connectivity index (χ3n) is 3.16. The molecule has 0 spiro atoms. The van der Waals surface area contributed by atoms with Gasteiger partial charge in [-0.1, -0.05) is 46.3 Å². The predicted molar refractivity (Wildman–Crippen MR) is 87.3 cm³/mol. The van der Waals surface area contributed by atoms with Gasteiger partial charge in [-0.05, 0) is 49.3 Å². The van der Waals surface area contributed by atoms with E-state index in [1.54, 1.807) is 0 Å². The van der Waals surface area contributed by atoms with Crippen molar-refractivity contribution in [2.75, 3.05) is 13.6 Å². The normalized spacial score (nSPS) is 10.4. The molecule has 0 bridgehead atoms. The molecule has 2 rings (SSSR count). The number of rotatable bonds is 6. The molecule has 110 valence electrons. The van der Waals surface area contributed by atoms with Gasteiger partial charge in [-0.15, -0.1) is 0 Å². The van der Waals surface area contributed by atoms with E-state index >= 15 is 0 Å². The van der Waals surface area contributed by atoms with E-state index in [0.717, 1.165) is 28.6 Å². The van der Waals surface area contributed by atoms with Crippen molar-refractivity contribution < 1.29 is 9.53 Å². The smallest absolute Gasteiger partial charge is 0.338 e. The molecule has 0 atom stereocenters. The monoisotopic (exact) mass is 347 g/mol. The summed E-state index contributed by atoms with van der Waals surface area (Å²) in [7, 11) is 1.90. The summed E-state index contributed by atoms with van der Waals surface area (Å²) >= 11 is 3.38. The molecule has 0 aromatic heterocycles. The zero-order valence-corrected chi connectivity index (χ0v) is 13.5. The van der Waals surface area contributed by atoms with Crippen LogP contribution in [0.3, 0.4) is 0 Å². The molecule has 0 saturated carbocycles. The third kappa shape index (κ3) is 4.69. The molecule has 21 heavy (non-hydrogen) atoms. The second-order valence-corrected chi connectivity index (χ2v) is 5.63. The van der Waals surface area contributed by atoms with Crippen LogP contribution in [-0.4, -0.2) is 19.6 Å². The minimum atomic E-state index is -0.273. The second kappa shape index (κ2) is 7.96. The fourth-order valence-electron chi connectivity index (χ4n) is 2.00. The van der Waals surface area contributed by atoms with Gasteiger partial charge in [0.2, 0.25) is 0 Å². The average molecular weight is 348 g/mol. The maximum absolute atomic E-state index is 12.2. The summed E-state index contributed by atoms with van der Waals surface area (Å²) in [5.41, 5.74) is 2.62.